The first kappa shape index (κ1) is 14.8. The van der Waals surface area contributed by atoms with Crippen molar-refractivity contribution in [1.29, 1.82) is 0 Å². The Hall–Kier alpha value is -1.60. The van der Waals surface area contributed by atoms with E-state index < -0.39 is 12.7 Å². The van der Waals surface area contributed by atoms with Crippen LogP contribution in [0.2, 0.25) is 0 Å². The number of carbonyl (C=O) groups excluding carboxylic acids is 1. The number of likely N-dealkylation sites (tertiary alicyclic amines) is 1. The van der Waals surface area contributed by atoms with Gasteiger partial charge in [-0.1, -0.05) is 6.42 Å². The maximum Gasteiger partial charge on any atom is 0.408 e. The first-order chi connectivity index (χ1) is 9.46. The molecule has 1 aliphatic heterocycles. The van der Waals surface area contributed by atoms with Crippen LogP contribution in [0.1, 0.15) is 31.5 Å². The molecule has 1 aromatic heterocycles. The smallest absolute Gasteiger partial charge is 0.342 e. The minimum Gasteiger partial charge on any atom is -0.342 e. The van der Waals surface area contributed by atoms with E-state index in [0.29, 0.717) is 25.9 Å². The van der Waals surface area contributed by atoms with Gasteiger partial charge in [0.15, 0.2) is 0 Å². The average Bonchev–Trinajstić information content (AvgIpc) is 2.66. The number of rotatable bonds is 4. The lowest BCUT2D eigenvalue weighted by atomic mass is 10.2. The van der Waals surface area contributed by atoms with Gasteiger partial charge in [-0.2, -0.15) is 18.3 Å². The Morgan fingerprint density at radius 3 is 2.80 bits per heavy atom. The van der Waals surface area contributed by atoms with E-state index in [1.165, 1.54) is 0 Å². The van der Waals surface area contributed by atoms with Gasteiger partial charge in [0.05, 0.1) is 0 Å². The molecule has 0 unspecified atom stereocenters. The SMILES string of the molecule is O=C1CCCCCN1CCc1ncnn1CC(F)(F)F. The molecule has 112 valence electrons. The van der Waals surface area contributed by atoms with E-state index >= 15 is 0 Å². The van der Waals surface area contributed by atoms with Gasteiger partial charge >= 0.3 is 6.18 Å². The predicted molar refractivity (Wildman–Crippen MR) is 64.8 cm³/mol. The van der Waals surface area contributed by atoms with Crippen LogP contribution in [0.25, 0.3) is 0 Å². The van der Waals surface area contributed by atoms with Crippen molar-refractivity contribution in [2.24, 2.45) is 0 Å². The lowest BCUT2D eigenvalue weighted by molar-refractivity contribution is -0.143. The largest absolute Gasteiger partial charge is 0.408 e. The Kier molecular flexibility index (Phi) is 4.61. The molecule has 20 heavy (non-hydrogen) atoms. The highest BCUT2D eigenvalue weighted by atomic mass is 19.4. The van der Waals surface area contributed by atoms with Crippen molar-refractivity contribution in [2.45, 2.75) is 44.8 Å². The minimum atomic E-state index is -4.32. The van der Waals surface area contributed by atoms with Gasteiger partial charge in [-0.15, -0.1) is 0 Å². The van der Waals surface area contributed by atoms with E-state index in [-0.39, 0.29) is 11.7 Å². The summed E-state index contributed by atoms with van der Waals surface area (Å²) in [6.07, 6.45) is 0.469. The lowest BCUT2D eigenvalue weighted by Crippen LogP contribution is -2.33. The third-order valence-corrected chi connectivity index (χ3v) is 3.30. The fourth-order valence-corrected chi connectivity index (χ4v) is 2.29. The van der Waals surface area contributed by atoms with Crippen molar-refractivity contribution in [3.05, 3.63) is 12.2 Å². The molecule has 0 aromatic carbocycles. The second-order valence-corrected chi connectivity index (χ2v) is 4.89. The Bertz CT molecular complexity index is 458. The highest BCUT2D eigenvalue weighted by molar-refractivity contribution is 5.76. The number of amides is 1. The third kappa shape index (κ3) is 4.21. The maximum absolute atomic E-state index is 12.4. The van der Waals surface area contributed by atoms with E-state index in [9.17, 15) is 18.0 Å². The van der Waals surface area contributed by atoms with E-state index in [1.807, 2.05) is 0 Å². The number of alkyl halides is 3. The molecule has 0 aliphatic carbocycles. The summed E-state index contributed by atoms with van der Waals surface area (Å²) in [6, 6.07) is 0. The highest BCUT2D eigenvalue weighted by Crippen LogP contribution is 2.18. The number of nitrogens with zero attached hydrogens (tertiary/aromatic N) is 4. The van der Waals surface area contributed by atoms with Crippen LogP contribution in [0.5, 0.6) is 0 Å². The zero-order valence-corrected chi connectivity index (χ0v) is 11.1. The molecule has 5 nitrogen and oxygen atoms in total. The van der Waals surface area contributed by atoms with Gasteiger partial charge < -0.3 is 4.90 Å². The van der Waals surface area contributed by atoms with Gasteiger partial charge in [0.1, 0.15) is 18.7 Å². The second-order valence-electron chi connectivity index (χ2n) is 4.89. The highest BCUT2D eigenvalue weighted by Gasteiger charge is 2.29. The molecular formula is C12H17F3N4O. The summed E-state index contributed by atoms with van der Waals surface area (Å²) in [4.78, 5) is 17.3. The van der Waals surface area contributed by atoms with E-state index in [2.05, 4.69) is 10.1 Å². The Labute approximate surface area is 114 Å². The van der Waals surface area contributed by atoms with Crippen molar-refractivity contribution in [3.63, 3.8) is 0 Å². The fourth-order valence-electron chi connectivity index (χ4n) is 2.29. The van der Waals surface area contributed by atoms with E-state index in [0.717, 1.165) is 30.3 Å². The molecule has 1 fully saturated rings. The molecule has 2 rings (SSSR count). The molecular weight excluding hydrogens is 273 g/mol. The molecule has 0 bridgehead atoms. The van der Waals surface area contributed by atoms with Crippen LogP contribution in [-0.4, -0.2) is 44.8 Å². The van der Waals surface area contributed by atoms with Crippen LogP contribution < -0.4 is 0 Å². The standard InChI is InChI=1S/C12H17F3N4O/c13-12(14,15)8-19-10(16-9-17-19)5-7-18-6-3-1-2-4-11(18)20/h9H,1-8H2. The Balaban J connectivity index is 1.93. The van der Waals surface area contributed by atoms with E-state index in [1.54, 1.807) is 4.90 Å². The molecule has 8 heteroatoms. The molecule has 0 spiro atoms. The van der Waals surface area contributed by atoms with Crippen LogP contribution in [0, 0.1) is 0 Å². The quantitative estimate of drug-likeness (QED) is 0.849. The molecule has 0 saturated carbocycles. The van der Waals surface area contributed by atoms with Gasteiger partial charge in [-0.25, -0.2) is 9.67 Å². The molecule has 1 aromatic rings. The summed E-state index contributed by atoms with van der Waals surface area (Å²) in [7, 11) is 0. The molecule has 1 saturated heterocycles. The molecule has 1 aliphatic rings. The molecule has 0 radical (unpaired) electrons. The number of aromatic nitrogens is 3. The average molecular weight is 290 g/mol. The number of hydrogen-bond donors (Lipinski definition) is 0. The summed E-state index contributed by atoms with van der Waals surface area (Å²) in [5, 5.41) is 3.58. The van der Waals surface area contributed by atoms with Crippen molar-refractivity contribution in [3.8, 4) is 0 Å². The van der Waals surface area contributed by atoms with Gasteiger partial charge in [0.2, 0.25) is 5.91 Å². The van der Waals surface area contributed by atoms with Crippen molar-refractivity contribution < 1.29 is 18.0 Å². The normalized spacial score (nSPS) is 17.4. The van der Waals surface area contributed by atoms with Gasteiger partial charge in [0.25, 0.3) is 0 Å². The van der Waals surface area contributed by atoms with E-state index in [4.69, 9.17) is 0 Å². The van der Waals surface area contributed by atoms with Crippen LogP contribution in [0.15, 0.2) is 6.33 Å². The van der Waals surface area contributed by atoms with Crippen molar-refractivity contribution >= 4 is 5.91 Å². The van der Waals surface area contributed by atoms with Crippen LogP contribution in [-0.2, 0) is 17.8 Å². The number of carbonyl (C=O) groups is 1. The fraction of sp³-hybridized carbons (Fsp3) is 0.750. The van der Waals surface area contributed by atoms with Crippen molar-refractivity contribution in [2.75, 3.05) is 13.1 Å². The first-order valence-corrected chi connectivity index (χ1v) is 6.67. The Morgan fingerprint density at radius 2 is 2.05 bits per heavy atom. The molecule has 2 heterocycles. The minimum absolute atomic E-state index is 0.0735. The topological polar surface area (TPSA) is 51.0 Å². The van der Waals surface area contributed by atoms with Crippen LogP contribution in [0.3, 0.4) is 0 Å². The summed E-state index contributed by atoms with van der Waals surface area (Å²) in [5.74, 6) is 0.337. The van der Waals surface area contributed by atoms with Gasteiger partial charge in [0, 0.05) is 25.9 Å². The summed E-state index contributed by atoms with van der Waals surface area (Å²) in [6.45, 7) is -0.0715. The van der Waals surface area contributed by atoms with Crippen LogP contribution >= 0.6 is 0 Å². The third-order valence-electron chi connectivity index (χ3n) is 3.30. The first-order valence-electron chi connectivity index (χ1n) is 6.67. The molecule has 0 atom stereocenters. The van der Waals surface area contributed by atoms with Gasteiger partial charge in [-0.05, 0) is 12.8 Å². The lowest BCUT2D eigenvalue weighted by Gasteiger charge is -2.20. The number of hydrogen-bond acceptors (Lipinski definition) is 3. The van der Waals surface area contributed by atoms with Crippen molar-refractivity contribution in [1.82, 2.24) is 19.7 Å². The molecule has 0 N–H and O–H groups in total. The maximum atomic E-state index is 12.4. The summed E-state index contributed by atoms with van der Waals surface area (Å²) < 4.78 is 37.9. The van der Waals surface area contributed by atoms with Crippen LogP contribution in [0.4, 0.5) is 13.2 Å². The zero-order valence-electron chi connectivity index (χ0n) is 11.1. The molecule has 1 amide bonds. The zero-order chi connectivity index (χ0) is 14.6. The second kappa shape index (κ2) is 6.23. The summed E-state index contributed by atoms with van der Waals surface area (Å²) >= 11 is 0. The Morgan fingerprint density at radius 1 is 1.25 bits per heavy atom. The van der Waals surface area contributed by atoms with Gasteiger partial charge in [-0.3, -0.25) is 4.79 Å². The summed E-state index contributed by atoms with van der Waals surface area (Å²) in [5.41, 5.74) is 0. The predicted octanol–water partition coefficient (Wildman–Crippen LogP) is 1.79. The number of halogens is 3. The monoisotopic (exact) mass is 290 g/mol.